The first kappa shape index (κ1) is 18.6. The summed E-state index contributed by atoms with van der Waals surface area (Å²) in [6.45, 7) is 1.66. The number of thiocarbonyl (C=S) groups is 1. The number of anilines is 1. The standard InChI is InChI=1S/C19H15ClN2O2S2/c1-12(17(23)21-15-5-3-2-4-6-15)22-18(24)16(26-19(22)25)11-13-7-9-14(20)10-8-13/h2-12H,1H3,(H,21,23)/b16-11-. The van der Waals surface area contributed by atoms with E-state index in [1.807, 2.05) is 30.3 Å². The van der Waals surface area contributed by atoms with Crippen LogP contribution in [0.15, 0.2) is 59.5 Å². The largest absolute Gasteiger partial charge is 0.324 e. The molecule has 1 unspecified atom stereocenters. The number of hydrogen-bond donors (Lipinski definition) is 1. The second kappa shape index (κ2) is 8.03. The Morgan fingerprint density at radius 2 is 1.85 bits per heavy atom. The summed E-state index contributed by atoms with van der Waals surface area (Å²) in [4.78, 5) is 27.0. The second-order valence-electron chi connectivity index (χ2n) is 5.63. The van der Waals surface area contributed by atoms with E-state index in [0.717, 1.165) is 5.56 Å². The van der Waals surface area contributed by atoms with E-state index in [1.54, 1.807) is 37.3 Å². The van der Waals surface area contributed by atoms with Crippen molar-refractivity contribution in [3.8, 4) is 0 Å². The average molecular weight is 403 g/mol. The van der Waals surface area contributed by atoms with Gasteiger partial charge in [0.1, 0.15) is 10.4 Å². The number of carbonyl (C=O) groups is 2. The lowest BCUT2D eigenvalue weighted by Gasteiger charge is -2.22. The lowest BCUT2D eigenvalue weighted by molar-refractivity contribution is -0.129. The van der Waals surface area contributed by atoms with Gasteiger partial charge in [0.15, 0.2) is 0 Å². The summed E-state index contributed by atoms with van der Waals surface area (Å²) in [5.41, 5.74) is 1.52. The van der Waals surface area contributed by atoms with Crippen LogP contribution >= 0.6 is 35.6 Å². The Labute approximate surface area is 166 Å². The van der Waals surface area contributed by atoms with Crippen molar-refractivity contribution in [3.63, 3.8) is 0 Å². The van der Waals surface area contributed by atoms with Gasteiger partial charge in [-0.05, 0) is 42.8 Å². The normalized spacial score (nSPS) is 16.8. The molecule has 7 heteroatoms. The summed E-state index contributed by atoms with van der Waals surface area (Å²) in [5.74, 6) is -0.564. The minimum atomic E-state index is -0.709. The predicted octanol–water partition coefficient (Wildman–Crippen LogP) is 4.57. The van der Waals surface area contributed by atoms with Crippen molar-refractivity contribution in [1.29, 1.82) is 0 Å². The third-order valence-corrected chi connectivity index (χ3v) is 5.38. The van der Waals surface area contributed by atoms with Crippen LogP contribution in [0.1, 0.15) is 12.5 Å². The van der Waals surface area contributed by atoms with Crippen molar-refractivity contribution in [2.24, 2.45) is 0 Å². The smallest absolute Gasteiger partial charge is 0.266 e. The molecule has 2 amide bonds. The van der Waals surface area contributed by atoms with E-state index >= 15 is 0 Å². The number of benzene rings is 2. The van der Waals surface area contributed by atoms with Gasteiger partial charge in [-0.1, -0.05) is 65.9 Å². The highest BCUT2D eigenvalue weighted by atomic mass is 35.5. The quantitative estimate of drug-likeness (QED) is 0.601. The van der Waals surface area contributed by atoms with Gasteiger partial charge in [0.25, 0.3) is 5.91 Å². The molecule has 0 spiro atoms. The van der Waals surface area contributed by atoms with Crippen LogP contribution in [0.25, 0.3) is 6.08 Å². The Morgan fingerprint density at radius 3 is 2.50 bits per heavy atom. The molecule has 1 aliphatic rings. The first-order valence-corrected chi connectivity index (χ1v) is 9.44. The van der Waals surface area contributed by atoms with Crippen LogP contribution in [0.3, 0.4) is 0 Å². The topological polar surface area (TPSA) is 49.4 Å². The molecule has 0 radical (unpaired) electrons. The summed E-state index contributed by atoms with van der Waals surface area (Å²) in [5, 5.41) is 3.42. The van der Waals surface area contributed by atoms with Crippen LogP contribution in [-0.2, 0) is 9.59 Å². The number of nitrogens with zero attached hydrogens (tertiary/aromatic N) is 1. The number of amides is 2. The lowest BCUT2D eigenvalue weighted by atomic mass is 10.2. The maximum atomic E-state index is 12.7. The van der Waals surface area contributed by atoms with Crippen LogP contribution in [0.2, 0.25) is 5.02 Å². The Kier molecular flexibility index (Phi) is 5.76. The summed E-state index contributed by atoms with van der Waals surface area (Å²) < 4.78 is 0.367. The third-order valence-electron chi connectivity index (χ3n) is 3.80. The Hall–Kier alpha value is -2.15. The van der Waals surface area contributed by atoms with Crippen LogP contribution in [0, 0.1) is 0 Å². The molecule has 3 rings (SSSR count). The zero-order valence-corrected chi connectivity index (χ0v) is 16.2. The van der Waals surface area contributed by atoms with Crippen LogP contribution < -0.4 is 5.32 Å². The molecule has 132 valence electrons. The molecule has 0 aromatic heterocycles. The van der Waals surface area contributed by atoms with Crippen molar-refractivity contribution in [3.05, 3.63) is 70.1 Å². The lowest BCUT2D eigenvalue weighted by Crippen LogP contribution is -2.44. The average Bonchev–Trinajstić information content (AvgIpc) is 2.90. The molecule has 0 aliphatic carbocycles. The van der Waals surface area contributed by atoms with Gasteiger partial charge >= 0.3 is 0 Å². The van der Waals surface area contributed by atoms with E-state index in [2.05, 4.69) is 5.32 Å². The maximum Gasteiger partial charge on any atom is 0.266 e. The number of rotatable bonds is 4. The van der Waals surface area contributed by atoms with E-state index in [4.69, 9.17) is 23.8 Å². The summed E-state index contributed by atoms with van der Waals surface area (Å²) in [6, 6.07) is 15.5. The molecule has 1 heterocycles. The fourth-order valence-corrected chi connectivity index (χ4v) is 3.95. The zero-order valence-electron chi connectivity index (χ0n) is 13.8. The molecule has 26 heavy (non-hydrogen) atoms. The van der Waals surface area contributed by atoms with Gasteiger partial charge in [-0.15, -0.1) is 0 Å². The SMILES string of the molecule is CC(C(=O)Nc1ccccc1)N1C(=O)/C(=C/c2ccc(Cl)cc2)SC1=S. The highest BCUT2D eigenvalue weighted by molar-refractivity contribution is 8.26. The second-order valence-corrected chi connectivity index (χ2v) is 7.75. The number of para-hydroxylation sites is 1. The Bertz CT molecular complexity index is 882. The maximum absolute atomic E-state index is 12.7. The molecule has 1 aliphatic heterocycles. The van der Waals surface area contributed by atoms with Crippen molar-refractivity contribution in [1.82, 2.24) is 4.90 Å². The molecule has 1 N–H and O–H groups in total. The highest BCUT2D eigenvalue weighted by Gasteiger charge is 2.38. The third kappa shape index (κ3) is 4.15. The van der Waals surface area contributed by atoms with Crippen molar-refractivity contribution in [2.75, 3.05) is 5.32 Å². The van der Waals surface area contributed by atoms with Crippen molar-refractivity contribution in [2.45, 2.75) is 13.0 Å². The van der Waals surface area contributed by atoms with Gasteiger partial charge in [-0.25, -0.2) is 0 Å². The van der Waals surface area contributed by atoms with Gasteiger partial charge < -0.3 is 5.32 Å². The number of thioether (sulfide) groups is 1. The van der Waals surface area contributed by atoms with Crippen molar-refractivity contribution < 1.29 is 9.59 Å². The molecule has 0 saturated carbocycles. The van der Waals surface area contributed by atoms with Crippen LogP contribution in [0.4, 0.5) is 5.69 Å². The molecule has 1 fully saturated rings. The zero-order chi connectivity index (χ0) is 18.7. The van der Waals surface area contributed by atoms with Crippen molar-refractivity contribution >= 4 is 63.5 Å². The summed E-state index contributed by atoms with van der Waals surface area (Å²) in [6.07, 6.45) is 1.75. The minimum Gasteiger partial charge on any atom is -0.324 e. The first-order chi connectivity index (χ1) is 12.5. The van der Waals surface area contributed by atoms with E-state index in [0.29, 0.717) is 19.9 Å². The number of nitrogens with one attached hydrogen (secondary N) is 1. The fourth-order valence-electron chi connectivity index (χ4n) is 2.41. The minimum absolute atomic E-state index is 0.273. The van der Waals surface area contributed by atoms with Gasteiger partial charge in [-0.2, -0.15) is 0 Å². The number of halogens is 1. The van der Waals surface area contributed by atoms with E-state index in [1.165, 1.54) is 16.7 Å². The van der Waals surface area contributed by atoms with E-state index in [9.17, 15) is 9.59 Å². The van der Waals surface area contributed by atoms with Crippen LogP contribution in [-0.4, -0.2) is 27.1 Å². The molecule has 2 aromatic carbocycles. The number of hydrogen-bond acceptors (Lipinski definition) is 4. The monoisotopic (exact) mass is 402 g/mol. The van der Waals surface area contributed by atoms with Gasteiger partial charge in [-0.3, -0.25) is 14.5 Å². The molecule has 4 nitrogen and oxygen atoms in total. The van der Waals surface area contributed by atoms with Gasteiger partial charge in [0.2, 0.25) is 5.91 Å². The van der Waals surface area contributed by atoms with Gasteiger partial charge in [0.05, 0.1) is 4.91 Å². The Morgan fingerprint density at radius 1 is 1.19 bits per heavy atom. The van der Waals surface area contributed by atoms with Gasteiger partial charge in [0, 0.05) is 10.7 Å². The summed E-state index contributed by atoms with van der Waals surface area (Å²) >= 11 is 12.4. The van der Waals surface area contributed by atoms with E-state index < -0.39 is 6.04 Å². The van der Waals surface area contributed by atoms with E-state index in [-0.39, 0.29) is 11.8 Å². The first-order valence-electron chi connectivity index (χ1n) is 7.84. The fraction of sp³-hybridized carbons (Fsp3) is 0.105. The predicted molar refractivity (Wildman–Crippen MR) is 111 cm³/mol. The molecular formula is C19H15ClN2O2S2. The molecule has 1 saturated heterocycles. The molecular weight excluding hydrogens is 388 g/mol. The number of carbonyl (C=O) groups excluding carboxylic acids is 2. The summed E-state index contributed by atoms with van der Waals surface area (Å²) in [7, 11) is 0. The highest BCUT2D eigenvalue weighted by Crippen LogP contribution is 2.34. The molecule has 1 atom stereocenters. The molecule has 2 aromatic rings. The van der Waals surface area contributed by atoms with Crippen LogP contribution in [0.5, 0.6) is 0 Å². The molecule has 0 bridgehead atoms. The Balaban J connectivity index is 1.75.